The normalized spacial score (nSPS) is 11.3. The van der Waals surface area contributed by atoms with Crippen LogP contribution < -0.4 is 4.74 Å². The van der Waals surface area contributed by atoms with Gasteiger partial charge in [-0.25, -0.2) is 5.10 Å². The Kier molecular flexibility index (Phi) is 5.04. The third kappa shape index (κ3) is 3.92. The van der Waals surface area contributed by atoms with Crippen molar-refractivity contribution in [3.8, 4) is 28.6 Å². The summed E-state index contributed by atoms with van der Waals surface area (Å²) in [5.41, 5.74) is 1.40. The number of rotatable bonds is 5. The number of hydrogen-bond acceptors (Lipinski definition) is 6. The van der Waals surface area contributed by atoms with Crippen molar-refractivity contribution < 1.29 is 14.9 Å². The Labute approximate surface area is 155 Å². The molecule has 0 radical (unpaired) electrons. The fourth-order valence-corrected chi connectivity index (χ4v) is 2.49. The number of phenols is 2. The summed E-state index contributed by atoms with van der Waals surface area (Å²) < 4.78 is 7.52. The first kappa shape index (κ1) is 17.7. The SMILES string of the molecule is CC(C)Oc1cccc(-c2n[nH]c(=S)n2/N=C\c2ccc(O)c(O)c2)c1. The van der Waals surface area contributed by atoms with E-state index in [2.05, 4.69) is 15.3 Å². The molecule has 1 heterocycles. The summed E-state index contributed by atoms with van der Waals surface area (Å²) in [5.74, 6) is 0.849. The number of H-pyrrole nitrogens is 1. The van der Waals surface area contributed by atoms with E-state index in [1.165, 1.54) is 23.0 Å². The Morgan fingerprint density at radius 2 is 2.00 bits per heavy atom. The van der Waals surface area contributed by atoms with Gasteiger partial charge < -0.3 is 14.9 Å². The number of nitrogens with one attached hydrogen (secondary N) is 1. The van der Waals surface area contributed by atoms with E-state index in [9.17, 15) is 10.2 Å². The van der Waals surface area contributed by atoms with E-state index in [1.54, 1.807) is 6.07 Å². The van der Waals surface area contributed by atoms with Crippen LogP contribution in [-0.2, 0) is 0 Å². The van der Waals surface area contributed by atoms with E-state index in [0.29, 0.717) is 16.2 Å². The van der Waals surface area contributed by atoms with Gasteiger partial charge in [0.2, 0.25) is 4.77 Å². The zero-order chi connectivity index (χ0) is 18.7. The Hall–Kier alpha value is -3.13. The summed E-state index contributed by atoms with van der Waals surface area (Å²) in [5, 5.41) is 30.2. The standard InChI is InChI=1S/C18H18N4O3S/c1-11(2)25-14-5-3-4-13(9-14)17-20-21-18(26)22(17)19-10-12-6-7-15(23)16(24)8-12/h3-11,23-24H,1-2H3,(H,21,26)/b19-10-. The second-order valence-electron chi connectivity index (χ2n) is 5.85. The first-order valence-electron chi connectivity index (χ1n) is 7.95. The molecule has 0 spiro atoms. The van der Waals surface area contributed by atoms with Gasteiger partial charge in [-0.3, -0.25) is 0 Å². The minimum absolute atomic E-state index is 0.0614. The lowest BCUT2D eigenvalue weighted by Gasteiger charge is -2.10. The van der Waals surface area contributed by atoms with Gasteiger partial charge in [-0.15, -0.1) is 0 Å². The lowest BCUT2D eigenvalue weighted by Crippen LogP contribution is -2.05. The van der Waals surface area contributed by atoms with Crippen LogP contribution in [0, 0.1) is 4.77 Å². The molecule has 134 valence electrons. The Morgan fingerprint density at radius 1 is 1.19 bits per heavy atom. The van der Waals surface area contributed by atoms with Crippen molar-refractivity contribution in [1.82, 2.24) is 14.9 Å². The highest BCUT2D eigenvalue weighted by Crippen LogP contribution is 2.25. The quantitative estimate of drug-likeness (QED) is 0.362. The van der Waals surface area contributed by atoms with Crippen LogP contribution in [-0.4, -0.2) is 37.4 Å². The van der Waals surface area contributed by atoms with Gasteiger partial charge in [0.15, 0.2) is 17.3 Å². The van der Waals surface area contributed by atoms with E-state index in [4.69, 9.17) is 17.0 Å². The first-order chi connectivity index (χ1) is 12.4. The van der Waals surface area contributed by atoms with Gasteiger partial charge in [-0.2, -0.15) is 14.9 Å². The highest BCUT2D eigenvalue weighted by Gasteiger charge is 2.10. The van der Waals surface area contributed by atoms with E-state index in [0.717, 1.165) is 11.3 Å². The van der Waals surface area contributed by atoms with Crippen LogP contribution in [0.25, 0.3) is 11.4 Å². The van der Waals surface area contributed by atoms with Gasteiger partial charge in [0.25, 0.3) is 0 Å². The molecule has 7 nitrogen and oxygen atoms in total. The summed E-state index contributed by atoms with van der Waals surface area (Å²) in [7, 11) is 0. The van der Waals surface area contributed by atoms with Gasteiger partial charge in [0, 0.05) is 5.56 Å². The fourth-order valence-electron chi connectivity index (χ4n) is 2.31. The van der Waals surface area contributed by atoms with Crippen molar-refractivity contribution in [3.05, 3.63) is 52.8 Å². The molecule has 0 atom stereocenters. The molecule has 0 bridgehead atoms. The molecule has 8 heteroatoms. The molecule has 0 aliphatic rings. The molecule has 0 aliphatic carbocycles. The van der Waals surface area contributed by atoms with E-state index < -0.39 is 0 Å². The van der Waals surface area contributed by atoms with Gasteiger partial charge >= 0.3 is 0 Å². The summed E-state index contributed by atoms with van der Waals surface area (Å²) in [6.45, 7) is 3.92. The van der Waals surface area contributed by atoms with Crippen molar-refractivity contribution in [2.75, 3.05) is 0 Å². The molecule has 0 unspecified atom stereocenters. The van der Waals surface area contributed by atoms with Crippen molar-refractivity contribution in [2.45, 2.75) is 20.0 Å². The monoisotopic (exact) mass is 370 g/mol. The predicted molar refractivity (Wildman–Crippen MR) is 101 cm³/mol. The van der Waals surface area contributed by atoms with Crippen LogP contribution in [0.3, 0.4) is 0 Å². The van der Waals surface area contributed by atoms with Crippen molar-refractivity contribution in [1.29, 1.82) is 0 Å². The summed E-state index contributed by atoms with van der Waals surface area (Å²) in [4.78, 5) is 0. The maximum Gasteiger partial charge on any atom is 0.216 e. The topological polar surface area (TPSA) is 95.7 Å². The summed E-state index contributed by atoms with van der Waals surface area (Å²) >= 11 is 5.25. The van der Waals surface area contributed by atoms with Gasteiger partial charge in [-0.05, 0) is 62.0 Å². The summed E-state index contributed by atoms with van der Waals surface area (Å²) in [6, 6.07) is 11.9. The molecule has 3 aromatic rings. The van der Waals surface area contributed by atoms with Crippen molar-refractivity contribution >= 4 is 18.4 Å². The average Bonchev–Trinajstić information content (AvgIpc) is 2.96. The first-order valence-corrected chi connectivity index (χ1v) is 8.35. The molecule has 26 heavy (non-hydrogen) atoms. The van der Waals surface area contributed by atoms with Crippen molar-refractivity contribution in [3.63, 3.8) is 0 Å². The molecule has 1 aromatic heterocycles. The molecule has 2 aromatic carbocycles. The fraction of sp³-hybridized carbons (Fsp3) is 0.167. The number of aromatic hydroxyl groups is 2. The Balaban J connectivity index is 1.95. The van der Waals surface area contributed by atoms with Crippen LogP contribution in [0.4, 0.5) is 0 Å². The number of hydrogen-bond donors (Lipinski definition) is 3. The number of nitrogens with zero attached hydrogens (tertiary/aromatic N) is 3. The second kappa shape index (κ2) is 7.40. The lowest BCUT2D eigenvalue weighted by molar-refractivity contribution is 0.242. The number of aromatic amines is 1. The highest BCUT2D eigenvalue weighted by atomic mass is 32.1. The molecule has 3 rings (SSSR count). The predicted octanol–water partition coefficient (Wildman–Crippen LogP) is 3.69. The summed E-state index contributed by atoms with van der Waals surface area (Å²) in [6.07, 6.45) is 1.58. The van der Waals surface area contributed by atoms with Gasteiger partial charge in [-0.1, -0.05) is 12.1 Å². The minimum atomic E-state index is -0.219. The van der Waals surface area contributed by atoms with Crippen LogP contribution in [0.5, 0.6) is 17.2 Å². The number of benzene rings is 2. The average molecular weight is 370 g/mol. The van der Waals surface area contributed by atoms with Crippen LogP contribution in [0.2, 0.25) is 0 Å². The third-order valence-electron chi connectivity index (χ3n) is 3.44. The van der Waals surface area contributed by atoms with Crippen LogP contribution in [0.1, 0.15) is 19.4 Å². The number of ether oxygens (including phenoxy) is 1. The molecule has 0 aliphatic heterocycles. The van der Waals surface area contributed by atoms with Crippen molar-refractivity contribution in [2.24, 2.45) is 5.10 Å². The lowest BCUT2D eigenvalue weighted by atomic mass is 10.2. The Morgan fingerprint density at radius 3 is 2.73 bits per heavy atom. The number of phenolic OH excluding ortho intramolecular Hbond substituents is 2. The maximum absolute atomic E-state index is 9.58. The molecule has 0 saturated heterocycles. The van der Waals surface area contributed by atoms with Gasteiger partial charge in [0.1, 0.15) is 5.75 Å². The molecular formula is C18H18N4O3S. The van der Waals surface area contributed by atoms with Crippen LogP contribution >= 0.6 is 12.2 Å². The zero-order valence-corrected chi connectivity index (χ0v) is 15.1. The van der Waals surface area contributed by atoms with Gasteiger partial charge in [0.05, 0.1) is 12.3 Å². The molecular weight excluding hydrogens is 352 g/mol. The van der Waals surface area contributed by atoms with E-state index >= 15 is 0 Å². The third-order valence-corrected chi connectivity index (χ3v) is 3.70. The highest BCUT2D eigenvalue weighted by molar-refractivity contribution is 7.71. The van der Waals surface area contributed by atoms with E-state index in [-0.39, 0.29) is 17.6 Å². The second-order valence-corrected chi connectivity index (χ2v) is 6.24. The zero-order valence-electron chi connectivity index (χ0n) is 14.2. The van der Waals surface area contributed by atoms with E-state index in [1.807, 2.05) is 38.1 Å². The minimum Gasteiger partial charge on any atom is -0.504 e. The smallest absolute Gasteiger partial charge is 0.216 e. The number of aromatic nitrogens is 3. The largest absolute Gasteiger partial charge is 0.504 e. The Bertz CT molecular complexity index is 1010. The maximum atomic E-state index is 9.58. The molecule has 0 saturated carbocycles. The molecule has 0 amide bonds. The molecule has 0 fully saturated rings. The molecule has 3 N–H and O–H groups in total. The van der Waals surface area contributed by atoms with Crippen LogP contribution in [0.15, 0.2) is 47.6 Å².